The molecule has 0 N–H and O–H groups in total. The van der Waals surface area contributed by atoms with Crippen molar-refractivity contribution < 1.29 is 8.42 Å². The number of rotatable bonds is 6. The van der Waals surface area contributed by atoms with E-state index in [9.17, 15) is 8.42 Å². The molecule has 2 aromatic carbocycles. The van der Waals surface area contributed by atoms with Gasteiger partial charge in [-0.05, 0) is 43.2 Å². The Kier molecular flexibility index (Phi) is 5.38. The van der Waals surface area contributed by atoms with Gasteiger partial charge in [0.15, 0.2) is 0 Å². The molecule has 1 aromatic heterocycles. The third kappa shape index (κ3) is 4.49. The molecule has 3 rings (SSSR count). The Morgan fingerprint density at radius 3 is 2.04 bits per heavy atom. The molecule has 0 radical (unpaired) electrons. The normalized spacial score (nSPS) is 11.3. The van der Waals surface area contributed by atoms with Crippen molar-refractivity contribution in [3.8, 4) is 0 Å². The van der Waals surface area contributed by atoms with E-state index in [0.29, 0.717) is 5.69 Å². The minimum Gasteiger partial charge on any atom is -0.265 e. The molecule has 4 nitrogen and oxygen atoms in total. The van der Waals surface area contributed by atoms with Crippen molar-refractivity contribution in [2.45, 2.75) is 26.1 Å². The quantitative estimate of drug-likeness (QED) is 0.656. The molecule has 0 saturated heterocycles. The topological polar surface area (TPSA) is 50.3 Å². The zero-order valence-electron chi connectivity index (χ0n) is 15.0. The summed E-state index contributed by atoms with van der Waals surface area (Å²) < 4.78 is 27.8. The Bertz CT molecular complexity index is 951. The van der Waals surface area contributed by atoms with Gasteiger partial charge in [-0.3, -0.25) is 9.29 Å². The molecule has 26 heavy (non-hydrogen) atoms. The number of pyridine rings is 1. The van der Waals surface area contributed by atoms with Gasteiger partial charge >= 0.3 is 0 Å². The van der Waals surface area contributed by atoms with E-state index in [-0.39, 0.29) is 12.3 Å². The monoisotopic (exact) mass is 366 g/mol. The first kappa shape index (κ1) is 18.1. The van der Waals surface area contributed by atoms with E-state index < -0.39 is 10.0 Å². The zero-order valence-corrected chi connectivity index (χ0v) is 15.8. The highest BCUT2D eigenvalue weighted by molar-refractivity contribution is 7.92. The maximum Gasteiger partial charge on any atom is 0.239 e. The molecule has 0 saturated carbocycles. The molecular formula is C21H22N2O2S. The molecule has 0 aliphatic carbocycles. The summed E-state index contributed by atoms with van der Waals surface area (Å²) in [5.41, 5.74) is 4.48. The van der Waals surface area contributed by atoms with Gasteiger partial charge in [-0.1, -0.05) is 53.6 Å². The zero-order chi connectivity index (χ0) is 18.6. The summed E-state index contributed by atoms with van der Waals surface area (Å²) in [4.78, 5) is 4.10. The van der Waals surface area contributed by atoms with Crippen molar-refractivity contribution in [2.24, 2.45) is 0 Å². The molecule has 0 atom stereocenters. The fourth-order valence-electron chi connectivity index (χ4n) is 2.69. The predicted molar refractivity (Wildman–Crippen MR) is 105 cm³/mol. The molecule has 0 bridgehead atoms. The van der Waals surface area contributed by atoms with Crippen LogP contribution in [0.25, 0.3) is 0 Å². The summed E-state index contributed by atoms with van der Waals surface area (Å²) in [5.74, 6) is -0.0403. The second kappa shape index (κ2) is 7.70. The first-order valence-corrected chi connectivity index (χ1v) is 10.1. The van der Waals surface area contributed by atoms with Crippen LogP contribution in [0.15, 0.2) is 73.1 Å². The third-order valence-corrected chi connectivity index (χ3v) is 5.89. The number of hydrogen-bond donors (Lipinski definition) is 0. The summed E-state index contributed by atoms with van der Waals surface area (Å²) in [6.45, 7) is 4.22. The van der Waals surface area contributed by atoms with E-state index >= 15 is 0 Å². The Morgan fingerprint density at radius 2 is 1.46 bits per heavy atom. The van der Waals surface area contributed by atoms with Crippen molar-refractivity contribution in [3.63, 3.8) is 0 Å². The highest BCUT2D eigenvalue weighted by Gasteiger charge is 2.23. The van der Waals surface area contributed by atoms with E-state index in [2.05, 4.69) is 4.98 Å². The molecule has 5 heteroatoms. The minimum absolute atomic E-state index is 0.0403. The summed E-state index contributed by atoms with van der Waals surface area (Å²) in [7, 11) is -3.55. The van der Waals surface area contributed by atoms with Gasteiger partial charge in [0.1, 0.15) is 0 Å². The largest absolute Gasteiger partial charge is 0.265 e. The number of hydrogen-bond acceptors (Lipinski definition) is 3. The lowest BCUT2D eigenvalue weighted by molar-refractivity contribution is 0.589. The number of benzene rings is 2. The van der Waals surface area contributed by atoms with Gasteiger partial charge < -0.3 is 0 Å². The van der Waals surface area contributed by atoms with Gasteiger partial charge in [-0.25, -0.2) is 8.42 Å². The van der Waals surface area contributed by atoms with Gasteiger partial charge in [0.2, 0.25) is 10.0 Å². The lowest BCUT2D eigenvalue weighted by Gasteiger charge is -2.25. The van der Waals surface area contributed by atoms with E-state index in [1.807, 2.05) is 74.5 Å². The number of aryl methyl sites for hydroxylation is 2. The van der Waals surface area contributed by atoms with Crippen LogP contribution in [0, 0.1) is 13.8 Å². The van der Waals surface area contributed by atoms with Crippen LogP contribution >= 0.6 is 0 Å². The number of nitrogens with zero attached hydrogens (tertiary/aromatic N) is 2. The van der Waals surface area contributed by atoms with Crippen LogP contribution in [0.1, 0.15) is 22.3 Å². The summed E-state index contributed by atoms with van der Waals surface area (Å²) in [6, 6.07) is 18.8. The average molecular weight is 366 g/mol. The highest BCUT2D eigenvalue weighted by Crippen LogP contribution is 2.24. The minimum atomic E-state index is -3.55. The molecule has 0 aliphatic heterocycles. The molecule has 0 aliphatic rings. The summed E-state index contributed by atoms with van der Waals surface area (Å²) >= 11 is 0. The SMILES string of the molecule is Cc1ccc(CS(=O)(=O)N(Cc2cccnc2)c2ccc(C)cc2)cc1. The number of sulfonamides is 1. The Labute approximate surface area is 155 Å². The van der Waals surface area contributed by atoms with Gasteiger partial charge in [0.05, 0.1) is 18.0 Å². The van der Waals surface area contributed by atoms with Gasteiger partial charge in [-0.15, -0.1) is 0 Å². The number of aromatic nitrogens is 1. The second-order valence-electron chi connectivity index (χ2n) is 6.45. The first-order valence-electron chi connectivity index (χ1n) is 8.45. The second-order valence-corrected chi connectivity index (χ2v) is 8.34. The van der Waals surface area contributed by atoms with Crippen molar-refractivity contribution in [2.75, 3.05) is 4.31 Å². The lowest BCUT2D eigenvalue weighted by atomic mass is 10.2. The Hall–Kier alpha value is -2.66. The predicted octanol–water partition coefficient (Wildman–Crippen LogP) is 4.24. The molecular weight excluding hydrogens is 344 g/mol. The fourth-order valence-corrected chi connectivity index (χ4v) is 4.25. The Balaban J connectivity index is 1.95. The molecule has 3 aromatic rings. The van der Waals surface area contributed by atoms with Crippen molar-refractivity contribution in [1.29, 1.82) is 0 Å². The van der Waals surface area contributed by atoms with Gasteiger partial charge in [-0.2, -0.15) is 0 Å². The average Bonchev–Trinajstić information content (AvgIpc) is 2.63. The van der Waals surface area contributed by atoms with Crippen molar-refractivity contribution >= 4 is 15.7 Å². The van der Waals surface area contributed by atoms with Crippen LogP contribution in [0.3, 0.4) is 0 Å². The molecule has 0 unspecified atom stereocenters. The highest BCUT2D eigenvalue weighted by atomic mass is 32.2. The van der Waals surface area contributed by atoms with Crippen LogP contribution in [0.2, 0.25) is 0 Å². The lowest BCUT2D eigenvalue weighted by Crippen LogP contribution is -2.31. The fraction of sp³-hybridized carbons (Fsp3) is 0.190. The number of anilines is 1. The maximum absolute atomic E-state index is 13.2. The molecule has 134 valence electrons. The van der Waals surface area contributed by atoms with Crippen LogP contribution in [0.4, 0.5) is 5.69 Å². The van der Waals surface area contributed by atoms with Crippen molar-refractivity contribution in [3.05, 3.63) is 95.3 Å². The van der Waals surface area contributed by atoms with Crippen LogP contribution in [-0.2, 0) is 22.3 Å². The van der Waals surface area contributed by atoms with Crippen LogP contribution < -0.4 is 4.31 Å². The maximum atomic E-state index is 13.2. The van der Waals surface area contributed by atoms with Gasteiger partial charge in [0.25, 0.3) is 0 Å². The standard InChI is InChI=1S/C21H22N2O2S/c1-17-5-9-19(10-6-17)16-26(24,25)23(15-20-4-3-13-22-14-20)21-11-7-18(2)8-12-21/h3-14H,15-16H2,1-2H3. The molecule has 0 amide bonds. The Morgan fingerprint density at radius 1 is 0.846 bits per heavy atom. The first-order chi connectivity index (χ1) is 12.4. The van der Waals surface area contributed by atoms with E-state index in [1.165, 1.54) is 4.31 Å². The van der Waals surface area contributed by atoms with E-state index in [4.69, 9.17) is 0 Å². The van der Waals surface area contributed by atoms with Crippen molar-refractivity contribution in [1.82, 2.24) is 4.98 Å². The smallest absolute Gasteiger partial charge is 0.239 e. The molecule has 0 fully saturated rings. The molecule has 1 heterocycles. The van der Waals surface area contributed by atoms with Crippen LogP contribution in [-0.4, -0.2) is 13.4 Å². The third-order valence-electron chi connectivity index (χ3n) is 4.18. The summed E-state index contributed by atoms with van der Waals surface area (Å²) in [5, 5.41) is 0. The summed E-state index contributed by atoms with van der Waals surface area (Å²) in [6.07, 6.45) is 3.38. The van der Waals surface area contributed by atoms with Gasteiger partial charge in [0, 0.05) is 12.4 Å². The van der Waals surface area contributed by atoms with Crippen LogP contribution in [0.5, 0.6) is 0 Å². The molecule has 0 spiro atoms. The van der Waals surface area contributed by atoms with E-state index in [0.717, 1.165) is 22.3 Å². The van der Waals surface area contributed by atoms with E-state index in [1.54, 1.807) is 12.4 Å².